The van der Waals surface area contributed by atoms with Crippen LogP contribution in [-0.2, 0) is 16.6 Å². The van der Waals surface area contributed by atoms with E-state index in [1.807, 2.05) is 6.07 Å². The Hall–Kier alpha value is -1.39. The zero-order valence-corrected chi connectivity index (χ0v) is 6.82. The molecule has 0 spiro atoms. The molecule has 0 atom stereocenters. The second-order valence-electron chi connectivity index (χ2n) is 2.05. The third kappa shape index (κ3) is 1.81. The first-order chi connectivity index (χ1) is 5.54. The fourth-order valence-electron chi connectivity index (χ4n) is 0.655. The topological polar surface area (TPSA) is 102 Å². The molecule has 12 heavy (non-hydrogen) atoms. The standard InChI is InChI=1S/C5H6N4O2S/c6-2-4-9-3-1-5(8-9)12(7,10)11/h1,3H,4H2,(H2,7,10,11). The molecule has 64 valence electrons. The minimum absolute atomic E-state index is 0.00944. The maximum Gasteiger partial charge on any atom is 0.257 e. The molecule has 0 aromatic carbocycles. The van der Waals surface area contributed by atoms with Crippen LogP contribution in [0.4, 0.5) is 0 Å². The highest BCUT2D eigenvalue weighted by molar-refractivity contribution is 7.89. The van der Waals surface area contributed by atoms with Gasteiger partial charge in [0.2, 0.25) is 0 Å². The molecule has 7 heteroatoms. The summed E-state index contributed by atoms with van der Waals surface area (Å²) in [6.45, 7) is 0.00944. The van der Waals surface area contributed by atoms with Crippen LogP contribution in [0.3, 0.4) is 0 Å². The largest absolute Gasteiger partial charge is 0.257 e. The van der Waals surface area contributed by atoms with Gasteiger partial charge in [0.25, 0.3) is 10.0 Å². The van der Waals surface area contributed by atoms with E-state index in [1.54, 1.807) is 0 Å². The molecule has 6 nitrogen and oxygen atoms in total. The van der Waals surface area contributed by atoms with Crippen molar-refractivity contribution in [3.05, 3.63) is 12.3 Å². The maximum absolute atomic E-state index is 10.7. The summed E-state index contributed by atoms with van der Waals surface area (Å²) in [6.07, 6.45) is 1.38. The summed E-state index contributed by atoms with van der Waals surface area (Å²) in [5, 5.41) is 16.3. The number of aromatic nitrogens is 2. The molecule has 0 aliphatic carbocycles. The van der Waals surface area contributed by atoms with Gasteiger partial charge in [-0.05, 0) is 6.07 Å². The van der Waals surface area contributed by atoms with Crippen LogP contribution < -0.4 is 5.14 Å². The van der Waals surface area contributed by atoms with Gasteiger partial charge in [0.15, 0.2) is 5.03 Å². The number of nitrogens with two attached hydrogens (primary N) is 1. The zero-order chi connectivity index (χ0) is 9.19. The molecule has 0 saturated carbocycles. The summed E-state index contributed by atoms with van der Waals surface area (Å²) < 4.78 is 22.5. The molecule has 0 amide bonds. The molecule has 1 heterocycles. The quantitative estimate of drug-likeness (QED) is 0.643. The summed E-state index contributed by atoms with van der Waals surface area (Å²) in [4.78, 5) is 0. The number of nitriles is 1. The van der Waals surface area contributed by atoms with E-state index in [-0.39, 0.29) is 11.6 Å². The van der Waals surface area contributed by atoms with Gasteiger partial charge in [-0.1, -0.05) is 0 Å². The second kappa shape index (κ2) is 2.92. The van der Waals surface area contributed by atoms with Crippen molar-refractivity contribution in [2.45, 2.75) is 11.6 Å². The van der Waals surface area contributed by atoms with Gasteiger partial charge in [0, 0.05) is 6.20 Å². The van der Waals surface area contributed by atoms with Gasteiger partial charge in [-0.3, -0.25) is 4.68 Å². The molecule has 1 aromatic rings. The highest BCUT2D eigenvalue weighted by Gasteiger charge is 2.10. The predicted molar refractivity (Wildman–Crippen MR) is 39.2 cm³/mol. The Bertz CT molecular complexity index is 413. The summed E-state index contributed by atoms with van der Waals surface area (Å²) in [7, 11) is -3.74. The molecular formula is C5H6N4O2S. The fourth-order valence-corrected chi connectivity index (χ4v) is 1.12. The lowest BCUT2D eigenvalue weighted by Gasteiger charge is -1.90. The maximum atomic E-state index is 10.7. The molecule has 1 aromatic heterocycles. The molecule has 0 unspecified atom stereocenters. The summed E-state index contributed by atoms with van der Waals surface area (Å²) in [6, 6.07) is 3.06. The van der Waals surface area contributed by atoms with Crippen LogP contribution in [0, 0.1) is 11.3 Å². The molecule has 0 fully saturated rings. The van der Waals surface area contributed by atoms with Crippen LogP contribution in [0.15, 0.2) is 17.3 Å². The van der Waals surface area contributed by atoms with Crippen LogP contribution in [0.25, 0.3) is 0 Å². The molecule has 1 rings (SSSR count). The SMILES string of the molecule is N#CCn1ccc(S(N)(=O)=O)n1. The van der Waals surface area contributed by atoms with E-state index >= 15 is 0 Å². The van der Waals surface area contributed by atoms with Crippen LogP contribution >= 0.6 is 0 Å². The van der Waals surface area contributed by atoms with Crippen LogP contribution in [-0.4, -0.2) is 18.2 Å². The van der Waals surface area contributed by atoms with Gasteiger partial charge in [0.05, 0.1) is 6.07 Å². The Morgan fingerprint density at radius 2 is 2.42 bits per heavy atom. The van der Waals surface area contributed by atoms with E-state index in [1.165, 1.54) is 16.9 Å². The monoisotopic (exact) mass is 186 g/mol. The van der Waals surface area contributed by atoms with Crippen LogP contribution in [0.5, 0.6) is 0 Å². The zero-order valence-electron chi connectivity index (χ0n) is 6.01. The lowest BCUT2D eigenvalue weighted by molar-refractivity contribution is 0.587. The third-order valence-electron chi connectivity index (χ3n) is 1.14. The Balaban J connectivity index is 3.02. The van der Waals surface area contributed by atoms with Crippen LogP contribution in [0.2, 0.25) is 0 Å². The van der Waals surface area contributed by atoms with Crippen molar-refractivity contribution >= 4 is 10.0 Å². The molecule has 0 bridgehead atoms. The van der Waals surface area contributed by atoms with Crippen molar-refractivity contribution in [3.63, 3.8) is 0 Å². The van der Waals surface area contributed by atoms with E-state index in [0.717, 1.165) is 0 Å². The smallest absolute Gasteiger partial charge is 0.257 e. The summed E-state index contributed by atoms with van der Waals surface area (Å²) in [5.41, 5.74) is 0. The lowest BCUT2D eigenvalue weighted by atomic mass is 10.7. The third-order valence-corrected chi connectivity index (χ3v) is 1.94. The van der Waals surface area contributed by atoms with E-state index in [2.05, 4.69) is 5.10 Å². The Morgan fingerprint density at radius 1 is 1.75 bits per heavy atom. The highest BCUT2D eigenvalue weighted by atomic mass is 32.2. The average molecular weight is 186 g/mol. The van der Waals surface area contributed by atoms with Gasteiger partial charge in [-0.25, -0.2) is 13.6 Å². The van der Waals surface area contributed by atoms with Gasteiger partial charge < -0.3 is 0 Å². The van der Waals surface area contributed by atoms with E-state index < -0.39 is 10.0 Å². The van der Waals surface area contributed by atoms with E-state index in [9.17, 15) is 8.42 Å². The molecule has 2 N–H and O–H groups in total. The second-order valence-corrected chi connectivity index (χ2v) is 3.56. The summed E-state index contributed by atoms with van der Waals surface area (Å²) >= 11 is 0. The average Bonchev–Trinajstić information content (AvgIpc) is 2.35. The van der Waals surface area contributed by atoms with Gasteiger partial charge in [-0.15, -0.1) is 0 Å². The molecule has 0 aliphatic heterocycles. The molecule has 0 radical (unpaired) electrons. The number of sulfonamides is 1. The number of hydrogen-bond donors (Lipinski definition) is 1. The van der Waals surface area contributed by atoms with Crippen LogP contribution in [0.1, 0.15) is 0 Å². The molecule has 0 aliphatic rings. The van der Waals surface area contributed by atoms with Crippen molar-refractivity contribution in [1.29, 1.82) is 5.26 Å². The minimum Gasteiger partial charge on any atom is -0.257 e. The first-order valence-corrected chi connectivity index (χ1v) is 4.52. The van der Waals surface area contributed by atoms with Gasteiger partial charge in [-0.2, -0.15) is 10.4 Å². The van der Waals surface area contributed by atoms with Crippen molar-refractivity contribution in [3.8, 4) is 6.07 Å². The molecule has 0 saturated heterocycles. The normalized spacial score (nSPS) is 11.0. The number of nitrogens with zero attached hydrogens (tertiary/aromatic N) is 3. The van der Waals surface area contributed by atoms with Crippen molar-refractivity contribution in [2.75, 3.05) is 0 Å². The first-order valence-electron chi connectivity index (χ1n) is 2.97. The van der Waals surface area contributed by atoms with Gasteiger partial charge in [0.1, 0.15) is 6.54 Å². The Labute approximate surface area is 69.3 Å². The number of rotatable bonds is 2. The van der Waals surface area contributed by atoms with Crippen molar-refractivity contribution in [1.82, 2.24) is 9.78 Å². The minimum atomic E-state index is -3.74. The Morgan fingerprint density at radius 3 is 2.83 bits per heavy atom. The van der Waals surface area contributed by atoms with E-state index in [4.69, 9.17) is 10.4 Å². The van der Waals surface area contributed by atoms with E-state index in [0.29, 0.717) is 0 Å². The fraction of sp³-hybridized carbons (Fsp3) is 0.200. The number of hydrogen-bond acceptors (Lipinski definition) is 4. The van der Waals surface area contributed by atoms with Crippen molar-refractivity contribution in [2.24, 2.45) is 5.14 Å². The first kappa shape index (κ1) is 8.70. The number of primary sulfonamides is 1. The predicted octanol–water partition coefficient (Wildman–Crippen LogP) is -0.946. The molecular weight excluding hydrogens is 180 g/mol. The van der Waals surface area contributed by atoms with Gasteiger partial charge >= 0.3 is 0 Å². The summed E-state index contributed by atoms with van der Waals surface area (Å²) in [5.74, 6) is 0. The Kier molecular flexibility index (Phi) is 2.12. The van der Waals surface area contributed by atoms with Crippen molar-refractivity contribution < 1.29 is 8.42 Å². The lowest BCUT2D eigenvalue weighted by Crippen LogP contribution is -2.13. The highest BCUT2D eigenvalue weighted by Crippen LogP contribution is 2.00.